The van der Waals surface area contributed by atoms with Crippen molar-refractivity contribution in [2.24, 2.45) is 7.05 Å². The zero-order valence-electron chi connectivity index (χ0n) is 11.9. The number of hydrogen-bond donors (Lipinski definition) is 1. The summed E-state index contributed by atoms with van der Waals surface area (Å²) in [7, 11) is 1.85. The first-order valence-electron chi connectivity index (χ1n) is 6.46. The quantitative estimate of drug-likeness (QED) is 0.857. The molecule has 0 aliphatic carbocycles. The van der Waals surface area contributed by atoms with Crippen LogP contribution in [0.5, 0.6) is 0 Å². The Morgan fingerprint density at radius 3 is 2.68 bits per heavy atom. The predicted octanol–water partition coefficient (Wildman–Crippen LogP) is 0.356. The summed E-state index contributed by atoms with van der Waals surface area (Å²) in [6, 6.07) is 1.94. The third kappa shape index (κ3) is 2.22. The van der Waals surface area contributed by atoms with Crippen LogP contribution in [-0.4, -0.2) is 38.6 Å². The van der Waals surface area contributed by atoms with Gasteiger partial charge in [-0.05, 0) is 26.3 Å². The Bertz CT molecular complexity index is 523. The number of amides is 2. The van der Waals surface area contributed by atoms with Crippen LogP contribution in [0.15, 0.2) is 6.07 Å². The van der Waals surface area contributed by atoms with Crippen molar-refractivity contribution in [2.75, 3.05) is 6.54 Å². The third-order valence-electron chi connectivity index (χ3n) is 3.89. The van der Waals surface area contributed by atoms with Crippen LogP contribution < -0.4 is 5.32 Å². The molecule has 1 aliphatic heterocycles. The molecule has 1 aromatic rings. The fourth-order valence-corrected chi connectivity index (χ4v) is 2.43. The van der Waals surface area contributed by atoms with Gasteiger partial charge >= 0.3 is 0 Å². The number of nitrogens with one attached hydrogen (secondary N) is 1. The lowest BCUT2D eigenvalue weighted by Gasteiger charge is -2.42. The van der Waals surface area contributed by atoms with Crippen LogP contribution in [-0.2, 0) is 23.2 Å². The van der Waals surface area contributed by atoms with E-state index in [1.807, 2.05) is 33.9 Å². The van der Waals surface area contributed by atoms with Gasteiger partial charge in [0.2, 0.25) is 11.8 Å². The van der Waals surface area contributed by atoms with E-state index in [4.69, 9.17) is 0 Å². The number of piperazine rings is 1. The van der Waals surface area contributed by atoms with Gasteiger partial charge in [0, 0.05) is 7.05 Å². The van der Waals surface area contributed by atoms with E-state index in [2.05, 4.69) is 10.4 Å². The minimum atomic E-state index is -0.784. The van der Waals surface area contributed by atoms with Crippen LogP contribution in [0, 0.1) is 6.92 Å². The topological polar surface area (TPSA) is 67.2 Å². The van der Waals surface area contributed by atoms with Crippen molar-refractivity contribution >= 4 is 11.8 Å². The summed E-state index contributed by atoms with van der Waals surface area (Å²) in [5.74, 6) is -0.142. The number of aryl methyl sites for hydroxylation is 2. The SMILES string of the molecule is CCC1(C)C(=O)NCC(=O)N1Cc1cc(C)nn1C. The summed E-state index contributed by atoms with van der Waals surface area (Å²) in [5, 5.41) is 6.93. The highest BCUT2D eigenvalue weighted by Crippen LogP contribution is 2.25. The second-order valence-corrected chi connectivity index (χ2v) is 5.19. The molecule has 2 heterocycles. The van der Waals surface area contributed by atoms with Crippen LogP contribution in [0.3, 0.4) is 0 Å². The van der Waals surface area contributed by atoms with Crippen LogP contribution >= 0.6 is 0 Å². The van der Waals surface area contributed by atoms with Crippen molar-refractivity contribution in [2.45, 2.75) is 39.3 Å². The molecule has 1 N–H and O–H groups in total. The van der Waals surface area contributed by atoms with Crippen molar-refractivity contribution < 1.29 is 9.59 Å². The lowest BCUT2D eigenvalue weighted by molar-refractivity contribution is -0.153. The lowest BCUT2D eigenvalue weighted by atomic mass is 9.92. The Hall–Kier alpha value is -1.85. The third-order valence-corrected chi connectivity index (χ3v) is 3.89. The van der Waals surface area contributed by atoms with E-state index in [0.717, 1.165) is 11.4 Å². The number of nitrogens with zero attached hydrogens (tertiary/aromatic N) is 3. The Labute approximate surface area is 112 Å². The van der Waals surface area contributed by atoms with Gasteiger partial charge < -0.3 is 10.2 Å². The molecule has 1 atom stereocenters. The maximum Gasteiger partial charge on any atom is 0.246 e. The van der Waals surface area contributed by atoms with Crippen molar-refractivity contribution in [1.29, 1.82) is 0 Å². The molecule has 0 aromatic carbocycles. The van der Waals surface area contributed by atoms with E-state index in [1.165, 1.54) is 0 Å². The van der Waals surface area contributed by atoms with E-state index < -0.39 is 5.54 Å². The molecule has 0 radical (unpaired) electrons. The molecular weight excluding hydrogens is 244 g/mol. The van der Waals surface area contributed by atoms with E-state index in [-0.39, 0.29) is 18.4 Å². The van der Waals surface area contributed by atoms with Crippen molar-refractivity contribution in [3.8, 4) is 0 Å². The van der Waals surface area contributed by atoms with E-state index >= 15 is 0 Å². The Morgan fingerprint density at radius 2 is 2.16 bits per heavy atom. The highest BCUT2D eigenvalue weighted by molar-refractivity contribution is 5.97. The normalized spacial score (nSPS) is 23.7. The number of aromatic nitrogens is 2. The Balaban J connectivity index is 2.32. The molecule has 1 unspecified atom stereocenters. The summed E-state index contributed by atoms with van der Waals surface area (Å²) >= 11 is 0. The molecule has 1 fully saturated rings. The molecule has 1 aliphatic rings. The van der Waals surface area contributed by atoms with Crippen LogP contribution in [0.1, 0.15) is 31.7 Å². The molecule has 1 aromatic heterocycles. The van der Waals surface area contributed by atoms with Crippen LogP contribution in [0.25, 0.3) is 0 Å². The molecule has 0 saturated carbocycles. The average Bonchev–Trinajstić information content (AvgIpc) is 2.68. The van der Waals surface area contributed by atoms with Crippen molar-refractivity contribution in [3.63, 3.8) is 0 Å². The van der Waals surface area contributed by atoms with Crippen molar-refractivity contribution in [3.05, 3.63) is 17.5 Å². The van der Waals surface area contributed by atoms with Gasteiger partial charge in [-0.3, -0.25) is 14.3 Å². The minimum absolute atomic E-state index is 0.0530. The zero-order valence-corrected chi connectivity index (χ0v) is 11.9. The van der Waals surface area contributed by atoms with Gasteiger partial charge in [0.1, 0.15) is 5.54 Å². The molecule has 2 amide bonds. The van der Waals surface area contributed by atoms with Crippen LogP contribution in [0.4, 0.5) is 0 Å². The van der Waals surface area contributed by atoms with Gasteiger partial charge in [0.25, 0.3) is 0 Å². The molecule has 0 bridgehead atoms. The molecule has 0 spiro atoms. The fraction of sp³-hybridized carbons (Fsp3) is 0.615. The van der Waals surface area contributed by atoms with Gasteiger partial charge in [-0.15, -0.1) is 0 Å². The average molecular weight is 264 g/mol. The number of hydrogen-bond acceptors (Lipinski definition) is 3. The second-order valence-electron chi connectivity index (χ2n) is 5.19. The summed E-state index contributed by atoms with van der Waals surface area (Å²) in [4.78, 5) is 25.8. The zero-order chi connectivity index (χ0) is 14.2. The largest absolute Gasteiger partial charge is 0.345 e. The number of rotatable bonds is 3. The molecule has 2 rings (SSSR count). The molecule has 104 valence electrons. The maximum atomic E-state index is 12.1. The van der Waals surface area contributed by atoms with Gasteiger partial charge in [-0.1, -0.05) is 6.92 Å². The number of carbonyl (C=O) groups excluding carboxylic acids is 2. The molecule has 6 heteroatoms. The highest BCUT2D eigenvalue weighted by atomic mass is 16.2. The first-order valence-corrected chi connectivity index (χ1v) is 6.46. The fourth-order valence-electron chi connectivity index (χ4n) is 2.43. The monoisotopic (exact) mass is 264 g/mol. The summed E-state index contributed by atoms with van der Waals surface area (Å²) < 4.78 is 1.76. The standard InChI is InChI=1S/C13H20N4O2/c1-5-13(3)12(19)14-7-11(18)17(13)8-10-6-9(2)15-16(10)4/h6H,5,7-8H2,1-4H3,(H,14,19). The molecule has 1 saturated heterocycles. The summed E-state index contributed by atoms with van der Waals surface area (Å²) in [6.45, 7) is 6.12. The van der Waals surface area contributed by atoms with E-state index in [0.29, 0.717) is 13.0 Å². The van der Waals surface area contributed by atoms with Crippen molar-refractivity contribution in [1.82, 2.24) is 20.0 Å². The van der Waals surface area contributed by atoms with Gasteiger partial charge in [-0.25, -0.2) is 0 Å². The highest BCUT2D eigenvalue weighted by Gasteiger charge is 2.44. The summed E-state index contributed by atoms with van der Waals surface area (Å²) in [6.07, 6.45) is 0.585. The van der Waals surface area contributed by atoms with E-state index in [1.54, 1.807) is 9.58 Å². The number of carbonyl (C=O) groups is 2. The molecule has 6 nitrogen and oxygen atoms in total. The minimum Gasteiger partial charge on any atom is -0.345 e. The maximum absolute atomic E-state index is 12.1. The summed E-state index contributed by atoms with van der Waals surface area (Å²) in [5.41, 5.74) is 1.05. The smallest absolute Gasteiger partial charge is 0.246 e. The Morgan fingerprint density at radius 1 is 1.47 bits per heavy atom. The first-order chi connectivity index (χ1) is 8.88. The molecule has 19 heavy (non-hydrogen) atoms. The van der Waals surface area contributed by atoms with Gasteiger partial charge in [0.05, 0.1) is 24.5 Å². The van der Waals surface area contributed by atoms with Gasteiger partial charge in [-0.2, -0.15) is 5.10 Å². The van der Waals surface area contributed by atoms with E-state index in [9.17, 15) is 9.59 Å². The predicted molar refractivity (Wildman–Crippen MR) is 70.2 cm³/mol. The van der Waals surface area contributed by atoms with Gasteiger partial charge in [0.15, 0.2) is 0 Å². The first kappa shape index (κ1) is 13.6. The Kier molecular flexibility index (Phi) is 3.34. The second kappa shape index (κ2) is 4.68. The van der Waals surface area contributed by atoms with Crippen LogP contribution in [0.2, 0.25) is 0 Å². The molecular formula is C13H20N4O2. The lowest BCUT2D eigenvalue weighted by Crippen LogP contribution is -2.65.